The summed E-state index contributed by atoms with van der Waals surface area (Å²) in [5.74, 6) is 0. The molecule has 1 fully saturated rings. The number of aromatic nitrogens is 1. The van der Waals surface area contributed by atoms with Crippen LogP contribution in [0, 0.1) is 0 Å². The Kier molecular flexibility index (Phi) is 5.41. The SMILES string of the molecule is C(=Cc1ccccn1)CN1CCC(=C2c3ccccc3C=Cc3ccccc32)CC1. The normalized spacial score (nSPS) is 16.4. The van der Waals surface area contributed by atoms with E-state index in [0.29, 0.717) is 0 Å². The van der Waals surface area contributed by atoms with Crippen molar-refractivity contribution < 1.29 is 0 Å². The van der Waals surface area contributed by atoms with Gasteiger partial charge in [0.25, 0.3) is 0 Å². The average Bonchev–Trinajstić information content (AvgIpc) is 2.97. The number of piperidine rings is 1. The molecule has 2 heterocycles. The van der Waals surface area contributed by atoms with Gasteiger partial charge in [-0.1, -0.05) is 78.4 Å². The number of likely N-dealkylation sites (tertiary alicyclic amines) is 1. The molecule has 0 N–H and O–H groups in total. The van der Waals surface area contributed by atoms with E-state index in [2.05, 4.69) is 82.7 Å². The summed E-state index contributed by atoms with van der Waals surface area (Å²) in [4.78, 5) is 6.91. The zero-order chi connectivity index (χ0) is 20.2. The van der Waals surface area contributed by atoms with Crippen molar-refractivity contribution in [2.75, 3.05) is 19.6 Å². The molecular weight excluding hydrogens is 364 g/mol. The van der Waals surface area contributed by atoms with Crippen LogP contribution in [-0.4, -0.2) is 29.5 Å². The van der Waals surface area contributed by atoms with Gasteiger partial charge in [0.15, 0.2) is 0 Å². The van der Waals surface area contributed by atoms with E-state index < -0.39 is 0 Å². The second kappa shape index (κ2) is 8.64. The molecule has 2 aromatic carbocycles. The second-order valence-electron chi connectivity index (χ2n) is 7.94. The highest BCUT2D eigenvalue weighted by molar-refractivity contribution is 5.94. The van der Waals surface area contributed by atoms with Gasteiger partial charge in [-0.05, 0) is 58.9 Å². The van der Waals surface area contributed by atoms with Gasteiger partial charge in [0.2, 0.25) is 0 Å². The zero-order valence-electron chi connectivity index (χ0n) is 17.2. The molecule has 0 unspecified atom stereocenters. The minimum absolute atomic E-state index is 0.980. The molecule has 3 aromatic rings. The van der Waals surface area contributed by atoms with Gasteiger partial charge < -0.3 is 0 Å². The molecule has 2 heteroatoms. The van der Waals surface area contributed by atoms with Crippen LogP contribution in [0.5, 0.6) is 0 Å². The highest BCUT2D eigenvalue weighted by atomic mass is 15.1. The third-order valence-corrected chi connectivity index (χ3v) is 6.06. The van der Waals surface area contributed by atoms with Crippen molar-refractivity contribution in [3.05, 3.63) is 113 Å². The van der Waals surface area contributed by atoms with Crippen LogP contribution in [0.4, 0.5) is 0 Å². The van der Waals surface area contributed by atoms with E-state index in [4.69, 9.17) is 0 Å². The van der Waals surface area contributed by atoms with Crippen molar-refractivity contribution in [2.45, 2.75) is 12.8 Å². The number of hydrogen-bond acceptors (Lipinski definition) is 2. The third kappa shape index (κ3) is 3.92. The van der Waals surface area contributed by atoms with Crippen molar-refractivity contribution in [3.63, 3.8) is 0 Å². The van der Waals surface area contributed by atoms with E-state index in [0.717, 1.165) is 38.2 Å². The quantitative estimate of drug-likeness (QED) is 0.415. The van der Waals surface area contributed by atoms with Gasteiger partial charge in [0.1, 0.15) is 0 Å². The first-order valence-electron chi connectivity index (χ1n) is 10.8. The maximum absolute atomic E-state index is 4.37. The maximum atomic E-state index is 4.37. The summed E-state index contributed by atoms with van der Waals surface area (Å²) in [7, 11) is 0. The van der Waals surface area contributed by atoms with Crippen LogP contribution >= 0.6 is 0 Å². The summed E-state index contributed by atoms with van der Waals surface area (Å²) >= 11 is 0. The topological polar surface area (TPSA) is 16.1 Å². The van der Waals surface area contributed by atoms with Gasteiger partial charge in [-0.2, -0.15) is 0 Å². The molecule has 1 aromatic heterocycles. The summed E-state index contributed by atoms with van der Waals surface area (Å²) in [5, 5.41) is 0. The van der Waals surface area contributed by atoms with E-state index in [1.165, 1.54) is 27.8 Å². The standard InChI is InChI=1S/C28H26N2/c1-3-12-26-22(8-1)14-15-23-9-2-4-13-27(23)28(26)24-16-20-30(21-17-24)19-7-11-25-10-5-6-18-29-25/h1-15,18H,16-17,19-21H2. The molecule has 0 bridgehead atoms. The zero-order valence-corrected chi connectivity index (χ0v) is 17.2. The third-order valence-electron chi connectivity index (χ3n) is 6.06. The van der Waals surface area contributed by atoms with Crippen LogP contribution in [-0.2, 0) is 0 Å². The molecule has 2 nitrogen and oxygen atoms in total. The Hall–Kier alpha value is -3.23. The molecule has 148 valence electrons. The highest BCUT2D eigenvalue weighted by Crippen LogP contribution is 2.38. The first-order chi connectivity index (χ1) is 14.9. The molecule has 0 atom stereocenters. The molecule has 30 heavy (non-hydrogen) atoms. The second-order valence-corrected chi connectivity index (χ2v) is 7.94. The first-order valence-corrected chi connectivity index (χ1v) is 10.8. The molecule has 0 radical (unpaired) electrons. The molecule has 0 saturated carbocycles. The molecule has 1 saturated heterocycles. The van der Waals surface area contributed by atoms with E-state index in [1.54, 1.807) is 5.57 Å². The van der Waals surface area contributed by atoms with Gasteiger partial charge in [-0.25, -0.2) is 0 Å². The Bertz CT molecular complexity index is 1060. The number of hydrogen-bond donors (Lipinski definition) is 0. The highest BCUT2D eigenvalue weighted by Gasteiger charge is 2.21. The Balaban J connectivity index is 1.39. The minimum atomic E-state index is 0.980. The number of rotatable bonds is 3. The summed E-state index contributed by atoms with van der Waals surface area (Å²) in [6.45, 7) is 3.18. The van der Waals surface area contributed by atoms with E-state index in [9.17, 15) is 0 Å². The fourth-order valence-electron chi connectivity index (χ4n) is 4.50. The number of nitrogens with zero attached hydrogens (tertiary/aromatic N) is 2. The number of benzene rings is 2. The smallest absolute Gasteiger partial charge is 0.0626 e. The largest absolute Gasteiger partial charge is 0.299 e. The van der Waals surface area contributed by atoms with Crippen molar-refractivity contribution in [3.8, 4) is 0 Å². The predicted octanol–water partition coefficient (Wildman–Crippen LogP) is 6.18. The Morgan fingerprint density at radius 2 is 1.40 bits per heavy atom. The molecule has 0 amide bonds. The van der Waals surface area contributed by atoms with Gasteiger partial charge in [0.05, 0.1) is 5.69 Å². The summed E-state index contributed by atoms with van der Waals surface area (Å²) in [5.41, 5.74) is 9.44. The molecule has 0 spiro atoms. The maximum Gasteiger partial charge on any atom is 0.0626 e. The van der Waals surface area contributed by atoms with Crippen molar-refractivity contribution in [2.24, 2.45) is 0 Å². The van der Waals surface area contributed by atoms with Crippen molar-refractivity contribution >= 4 is 23.8 Å². The lowest BCUT2D eigenvalue weighted by Crippen LogP contribution is -2.31. The minimum Gasteiger partial charge on any atom is -0.299 e. The monoisotopic (exact) mass is 390 g/mol. The number of pyridine rings is 1. The molecule has 1 aliphatic carbocycles. The summed E-state index contributed by atoms with van der Waals surface area (Å²) in [6.07, 6.45) is 13.0. The van der Waals surface area contributed by atoms with Gasteiger partial charge in [0, 0.05) is 25.8 Å². The Morgan fingerprint density at radius 3 is 2.03 bits per heavy atom. The Morgan fingerprint density at radius 1 is 0.767 bits per heavy atom. The van der Waals surface area contributed by atoms with Gasteiger partial charge in [-0.15, -0.1) is 0 Å². The number of fused-ring (bicyclic) bond motifs is 2. The van der Waals surface area contributed by atoms with Crippen LogP contribution in [0.1, 0.15) is 40.8 Å². The van der Waals surface area contributed by atoms with Gasteiger partial charge >= 0.3 is 0 Å². The molecule has 5 rings (SSSR count). The molecular formula is C28H26N2. The molecule has 2 aliphatic rings. The lowest BCUT2D eigenvalue weighted by atomic mass is 9.86. The van der Waals surface area contributed by atoms with Crippen LogP contribution in [0.2, 0.25) is 0 Å². The van der Waals surface area contributed by atoms with Gasteiger partial charge in [-0.3, -0.25) is 9.88 Å². The lowest BCUT2D eigenvalue weighted by molar-refractivity contribution is 0.284. The van der Waals surface area contributed by atoms with Crippen LogP contribution < -0.4 is 0 Å². The Labute approximate surface area is 178 Å². The first kappa shape index (κ1) is 18.8. The summed E-state index contributed by atoms with van der Waals surface area (Å²) < 4.78 is 0. The average molecular weight is 391 g/mol. The summed E-state index contributed by atoms with van der Waals surface area (Å²) in [6, 6.07) is 23.7. The van der Waals surface area contributed by atoms with E-state index >= 15 is 0 Å². The van der Waals surface area contributed by atoms with Crippen LogP contribution in [0.3, 0.4) is 0 Å². The van der Waals surface area contributed by atoms with Crippen LogP contribution in [0.25, 0.3) is 23.8 Å². The fourth-order valence-corrected chi connectivity index (χ4v) is 4.50. The van der Waals surface area contributed by atoms with Crippen LogP contribution in [0.15, 0.2) is 84.6 Å². The predicted molar refractivity (Wildman–Crippen MR) is 127 cm³/mol. The lowest BCUT2D eigenvalue weighted by Gasteiger charge is -2.29. The van der Waals surface area contributed by atoms with E-state index in [1.807, 2.05) is 24.4 Å². The van der Waals surface area contributed by atoms with Crippen molar-refractivity contribution in [1.82, 2.24) is 9.88 Å². The fraction of sp³-hybridized carbons (Fsp3) is 0.179. The van der Waals surface area contributed by atoms with E-state index in [-0.39, 0.29) is 0 Å². The molecule has 1 aliphatic heterocycles. The van der Waals surface area contributed by atoms with Crippen molar-refractivity contribution in [1.29, 1.82) is 0 Å².